The average Bonchev–Trinajstić information content (AvgIpc) is 2.93. The highest BCUT2D eigenvalue weighted by Crippen LogP contribution is 2.28. The molecule has 4 aromatic carbocycles. The molecule has 192 valence electrons. The van der Waals surface area contributed by atoms with Gasteiger partial charge < -0.3 is 19.9 Å². The lowest BCUT2D eigenvalue weighted by Gasteiger charge is -2.14. The van der Waals surface area contributed by atoms with E-state index in [-0.39, 0.29) is 16.7 Å². The van der Waals surface area contributed by atoms with Crippen molar-refractivity contribution < 1.29 is 19.4 Å². The van der Waals surface area contributed by atoms with Gasteiger partial charge in [-0.05, 0) is 65.9 Å². The number of hydrogen-bond acceptors (Lipinski definition) is 6. The summed E-state index contributed by atoms with van der Waals surface area (Å²) in [5.74, 6) is 1.28. The summed E-state index contributed by atoms with van der Waals surface area (Å²) in [5.41, 5.74) is 8.26. The molecule has 0 bridgehead atoms. The van der Waals surface area contributed by atoms with E-state index in [1.54, 1.807) is 7.11 Å². The number of amides is 1. The normalized spacial score (nSPS) is 10.9. The Labute approximate surface area is 221 Å². The van der Waals surface area contributed by atoms with Crippen molar-refractivity contribution in [2.45, 2.75) is 13.0 Å². The summed E-state index contributed by atoms with van der Waals surface area (Å²) >= 11 is 5.89. The van der Waals surface area contributed by atoms with Crippen LogP contribution in [-0.4, -0.2) is 37.8 Å². The second-order valence-electron chi connectivity index (χ2n) is 8.44. The third kappa shape index (κ3) is 7.13. The molecule has 4 aromatic rings. The second kappa shape index (κ2) is 13.0. The summed E-state index contributed by atoms with van der Waals surface area (Å²) in [5, 5.41) is 15.1. The summed E-state index contributed by atoms with van der Waals surface area (Å²) in [6.45, 7) is 2.57. The van der Waals surface area contributed by atoms with Crippen LogP contribution in [0.5, 0.6) is 17.2 Å². The molecule has 0 aliphatic heterocycles. The molecule has 0 aromatic heterocycles. The van der Waals surface area contributed by atoms with Crippen molar-refractivity contribution in [3.8, 4) is 17.2 Å². The summed E-state index contributed by atoms with van der Waals surface area (Å²) in [7, 11) is 1.67. The number of phenols is 1. The molecule has 0 radical (unpaired) electrons. The number of carbonyl (C=O) groups excluding carboxylic acids is 1. The highest BCUT2D eigenvalue weighted by atomic mass is 35.5. The fourth-order valence-electron chi connectivity index (χ4n) is 3.94. The minimum Gasteiger partial charge on any atom is -0.506 e. The van der Waals surface area contributed by atoms with E-state index in [0.717, 1.165) is 47.3 Å². The smallest absolute Gasteiger partial charge is 0.265 e. The maximum absolute atomic E-state index is 12.4. The number of methoxy groups -OCH3 is 1. The van der Waals surface area contributed by atoms with Crippen molar-refractivity contribution in [3.05, 3.63) is 101 Å². The van der Waals surface area contributed by atoms with Crippen LogP contribution in [0.15, 0.2) is 78.9 Å². The molecule has 0 spiro atoms. The summed E-state index contributed by atoms with van der Waals surface area (Å²) in [6, 6.07) is 24.4. The van der Waals surface area contributed by atoms with E-state index < -0.39 is 0 Å². The molecule has 37 heavy (non-hydrogen) atoms. The Morgan fingerprint density at radius 3 is 2.49 bits per heavy atom. The number of hydrogen-bond donors (Lipinski definition) is 4. The van der Waals surface area contributed by atoms with Gasteiger partial charge in [-0.1, -0.05) is 54.1 Å². The quantitative estimate of drug-likeness (QED) is 0.158. The van der Waals surface area contributed by atoms with E-state index in [1.807, 2.05) is 48.5 Å². The first-order valence-corrected chi connectivity index (χ1v) is 12.4. The lowest BCUT2D eigenvalue weighted by molar-refractivity contribution is 0.0932. The van der Waals surface area contributed by atoms with Crippen LogP contribution in [-0.2, 0) is 13.0 Å². The SMILES string of the molecule is COc1ccc(CCNCCOc2ccc(CNNC(=O)c3ccc(O)c(Cl)c3)c3ccccc23)cc1. The third-order valence-electron chi connectivity index (χ3n) is 5.95. The third-order valence-corrected chi connectivity index (χ3v) is 6.25. The van der Waals surface area contributed by atoms with Crippen LogP contribution in [0.3, 0.4) is 0 Å². The van der Waals surface area contributed by atoms with Crippen LogP contribution in [0, 0.1) is 0 Å². The van der Waals surface area contributed by atoms with Crippen molar-refractivity contribution in [2.24, 2.45) is 0 Å². The number of rotatable bonds is 12. The maximum Gasteiger partial charge on any atom is 0.265 e. The largest absolute Gasteiger partial charge is 0.506 e. The number of benzene rings is 4. The van der Waals surface area contributed by atoms with Gasteiger partial charge in [0.2, 0.25) is 0 Å². The highest BCUT2D eigenvalue weighted by Gasteiger charge is 2.10. The van der Waals surface area contributed by atoms with Gasteiger partial charge in [0.05, 0.1) is 12.1 Å². The van der Waals surface area contributed by atoms with Crippen molar-refractivity contribution >= 4 is 28.3 Å². The zero-order valence-corrected chi connectivity index (χ0v) is 21.3. The number of aromatic hydroxyl groups is 1. The summed E-state index contributed by atoms with van der Waals surface area (Å²) < 4.78 is 11.3. The molecule has 8 heteroatoms. The van der Waals surface area contributed by atoms with Crippen molar-refractivity contribution in [2.75, 3.05) is 26.8 Å². The Bertz CT molecular complexity index is 1350. The number of ether oxygens (including phenoxy) is 2. The fraction of sp³-hybridized carbons (Fsp3) is 0.207. The van der Waals surface area contributed by atoms with Gasteiger partial charge in [-0.25, -0.2) is 5.43 Å². The van der Waals surface area contributed by atoms with E-state index in [9.17, 15) is 9.90 Å². The van der Waals surface area contributed by atoms with Crippen LogP contribution in [0.2, 0.25) is 5.02 Å². The number of fused-ring (bicyclic) bond motifs is 1. The van der Waals surface area contributed by atoms with Gasteiger partial charge in [0.1, 0.15) is 23.9 Å². The Kier molecular flexibility index (Phi) is 9.21. The molecular weight excluding hydrogens is 490 g/mol. The van der Waals surface area contributed by atoms with E-state index in [1.165, 1.54) is 23.8 Å². The fourth-order valence-corrected chi connectivity index (χ4v) is 4.12. The molecule has 0 saturated carbocycles. The molecule has 0 saturated heterocycles. The second-order valence-corrected chi connectivity index (χ2v) is 8.85. The highest BCUT2D eigenvalue weighted by molar-refractivity contribution is 6.32. The number of nitrogens with one attached hydrogen (secondary N) is 3. The van der Waals surface area contributed by atoms with E-state index in [2.05, 4.69) is 28.3 Å². The first-order valence-electron chi connectivity index (χ1n) is 12.0. The van der Waals surface area contributed by atoms with Crippen molar-refractivity contribution in [3.63, 3.8) is 0 Å². The molecule has 4 rings (SSSR count). The molecule has 0 atom stereocenters. The van der Waals surface area contributed by atoms with Gasteiger partial charge in [0.25, 0.3) is 5.91 Å². The van der Waals surface area contributed by atoms with Crippen LogP contribution >= 0.6 is 11.6 Å². The Morgan fingerprint density at radius 1 is 0.946 bits per heavy atom. The van der Waals surface area contributed by atoms with E-state index in [0.29, 0.717) is 18.7 Å². The van der Waals surface area contributed by atoms with E-state index >= 15 is 0 Å². The Hall–Kier alpha value is -3.78. The zero-order chi connectivity index (χ0) is 26.0. The van der Waals surface area contributed by atoms with Crippen LogP contribution in [0.1, 0.15) is 21.5 Å². The monoisotopic (exact) mass is 519 g/mol. The lowest BCUT2D eigenvalue weighted by atomic mass is 10.0. The number of carbonyl (C=O) groups is 1. The Balaban J connectivity index is 1.26. The maximum atomic E-state index is 12.4. The topological polar surface area (TPSA) is 91.9 Å². The van der Waals surface area contributed by atoms with Gasteiger partial charge in [-0.2, -0.15) is 0 Å². The van der Waals surface area contributed by atoms with E-state index in [4.69, 9.17) is 21.1 Å². The Morgan fingerprint density at radius 2 is 1.73 bits per heavy atom. The molecule has 0 fully saturated rings. The minimum atomic E-state index is -0.342. The van der Waals surface area contributed by atoms with Crippen LogP contribution in [0.4, 0.5) is 0 Å². The van der Waals surface area contributed by atoms with Gasteiger partial charge in [0.15, 0.2) is 0 Å². The first-order chi connectivity index (χ1) is 18.0. The number of hydrazine groups is 1. The van der Waals surface area contributed by atoms with Crippen molar-refractivity contribution in [1.29, 1.82) is 0 Å². The van der Waals surface area contributed by atoms with Crippen LogP contribution < -0.4 is 25.6 Å². The predicted octanol–water partition coefficient (Wildman–Crippen LogP) is 4.85. The van der Waals surface area contributed by atoms with Gasteiger partial charge in [0, 0.05) is 24.0 Å². The molecule has 1 amide bonds. The first kappa shape index (κ1) is 26.3. The molecule has 0 aliphatic carbocycles. The minimum absolute atomic E-state index is 0.0655. The lowest BCUT2D eigenvalue weighted by Crippen LogP contribution is -2.36. The summed E-state index contributed by atoms with van der Waals surface area (Å²) in [6.07, 6.45) is 0.935. The summed E-state index contributed by atoms with van der Waals surface area (Å²) in [4.78, 5) is 12.4. The van der Waals surface area contributed by atoms with Crippen molar-refractivity contribution in [1.82, 2.24) is 16.2 Å². The molecule has 0 unspecified atom stereocenters. The molecule has 4 N–H and O–H groups in total. The zero-order valence-electron chi connectivity index (χ0n) is 20.6. The molecule has 0 aliphatic rings. The standard InChI is InChI=1S/C29H30ClN3O4/c1-36-23-10-6-20(7-11-23)14-15-31-16-17-37-28-13-9-22(24-4-2-3-5-25(24)28)19-32-33-29(35)21-8-12-27(34)26(30)18-21/h2-13,18,31-32,34H,14-17,19H2,1H3,(H,33,35). The van der Waals surface area contributed by atoms with Gasteiger partial charge in [-0.3, -0.25) is 10.2 Å². The van der Waals surface area contributed by atoms with Gasteiger partial charge >= 0.3 is 0 Å². The van der Waals surface area contributed by atoms with Crippen LogP contribution in [0.25, 0.3) is 10.8 Å². The van der Waals surface area contributed by atoms with Gasteiger partial charge in [-0.15, -0.1) is 0 Å². The molecular formula is C29H30ClN3O4. The number of phenolic OH excluding ortho intramolecular Hbond substituents is 1. The number of halogens is 1. The molecule has 7 nitrogen and oxygen atoms in total. The predicted molar refractivity (Wildman–Crippen MR) is 146 cm³/mol. The molecule has 0 heterocycles. The average molecular weight is 520 g/mol.